The fraction of sp³-hybridized carbons (Fsp3) is 0.615. The Kier molecular flexibility index (Phi) is 4.54. The van der Waals surface area contributed by atoms with Gasteiger partial charge in [0.25, 0.3) is 0 Å². The van der Waals surface area contributed by atoms with Crippen molar-refractivity contribution in [3.8, 4) is 0 Å². The molecule has 2 rings (SSSR count). The molecule has 1 aromatic heterocycles. The predicted octanol–water partition coefficient (Wildman–Crippen LogP) is 1.79. The molecule has 1 N–H and O–H groups in total. The third kappa shape index (κ3) is 4.08. The number of hydrogen-bond donors (Lipinski definition) is 1. The van der Waals surface area contributed by atoms with Crippen molar-refractivity contribution in [3.63, 3.8) is 0 Å². The molecule has 104 valence electrons. The summed E-state index contributed by atoms with van der Waals surface area (Å²) in [5, 5.41) is 6.22. The highest BCUT2D eigenvalue weighted by Crippen LogP contribution is 2.27. The van der Waals surface area contributed by atoms with Crippen LogP contribution in [0.3, 0.4) is 0 Å². The van der Waals surface area contributed by atoms with Crippen LogP contribution in [-0.4, -0.2) is 34.5 Å². The molecule has 0 spiro atoms. The maximum atomic E-state index is 12.0. The largest absolute Gasteiger partial charge is 0.363 e. The molecule has 0 atom stereocenters. The lowest BCUT2D eigenvalue weighted by molar-refractivity contribution is -0.135. The van der Waals surface area contributed by atoms with Crippen LogP contribution in [0.2, 0.25) is 0 Å². The highest BCUT2D eigenvalue weighted by molar-refractivity contribution is 5.93. The average molecular weight is 265 g/mol. The van der Waals surface area contributed by atoms with Gasteiger partial charge in [-0.25, -0.2) is 0 Å². The summed E-state index contributed by atoms with van der Waals surface area (Å²) in [4.78, 5) is 25.6. The standard InChI is InChI=1S/C13H19N3O3/c1-2-3-4-13(18)16(10-5-6-10)9-12(17)14-11-7-8-19-15-11/h7-8,10H,2-6,9H2,1H3,(H,14,15,17). The summed E-state index contributed by atoms with van der Waals surface area (Å²) >= 11 is 0. The molecular weight excluding hydrogens is 246 g/mol. The highest BCUT2D eigenvalue weighted by atomic mass is 16.5. The molecule has 0 bridgehead atoms. The number of carbonyl (C=O) groups excluding carboxylic acids is 2. The van der Waals surface area contributed by atoms with Gasteiger partial charge in [-0.2, -0.15) is 0 Å². The summed E-state index contributed by atoms with van der Waals surface area (Å²) in [5.74, 6) is 0.215. The molecule has 6 heteroatoms. The van der Waals surface area contributed by atoms with Gasteiger partial charge in [-0.1, -0.05) is 18.5 Å². The number of aromatic nitrogens is 1. The molecule has 0 saturated heterocycles. The van der Waals surface area contributed by atoms with Gasteiger partial charge >= 0.3 is 0 Å². The van der Waals surface area contributed by atoms with Gasteiger partial charge in [-0.3, -0.25) is 9.59 Å². The minimum absolute atomic E-state index is 0.0691. The number of amides is 2. The van der Waals surface area contributed by atoms with E-state index in [1.165, 1.54) is 6.26 Å². The maximum Gasteiger partial charge on any atom is 0.245 e. The molecule has 2 amide bonds. The average Bonchev–Trinajstić information content (AvgIpc) is 3.11. The number of anilines is 1. The highest BCUT2D eigenvalue weighted by Gasteiger charge is 2.33. The van der Waals surface area contributed by atoms with E-state index in [1.54, 1.807) is 11.0 Å². The molecule has 1 aromatic rings. The van der Waals surface area contributed by atoms with E-state index in [9.17, 15) is 9.59 Å². The van der Waals surface area contributed by atoms with Crippen LogP contribution in [0.25, 0.3) is 0 Å². The number of nitrogens with zero attached hydrogens (tertiary/aromatic N) is 2. The lowest BCUT2D eigenvalue weighted by Crippen LogP contribution is -2.39. The van der Waals surface area contributed by atoms with Gasteiger partial charge in [0.15, 0.2) is 5.82 Å². The Bertz CT molecular complexity index is 426. The first kappa shape index (κ1) is 13.6. The lowest BCUT2D eigenvalue weighted by Gasteiger charge is -2.21. The molecule has 1 saturated carbocycles. The Morgan fingerprint density at radius 1 is 1.53 bits per heavy atom. The summed E-state index contributed by atoms with van der Waals surface area (Å²) < 4.78 is 4.64. The van der Waals surface area contributed by atoms with E-state index in [0.717, 1.165) is 25.7 Å². The molecule has 1 heterocycles. The number of nitrogens with one attached hydrogen (secondary N) is 1. The van der Waals surface area contributed by atoms with Crippen molar-refractivity contribution in [2.45, 2.75) is 45.1 Å². The van der Waals surface area contributed by atoms with E-state index in [1.807, 2.05) is 6.92 Å². The third-order valence-corrected chi connectivity index (χ3v) is 3.07. The van der Waals surface area contributed by atoms with E-state index >= 15 is 0 Å². The van der Waals surface area contributed by atoms with Crippen LogP contribution in [0.4, 0.5) is 5.82 Å². The number of hydrogen-bond acceptors (Lipinski definition) is 4. The molecule has 1 aliphatic rings. The minimum atomic E-state index is -0.231. The smallest absolute Gasteiger partial charge is 0.245 e. The van der Waals surface area contributed by atoms with Gasteiger partial charge in [0.2, 0.25) is 11.8 Å². The van der Waals surface area contributed by atoms with Gasteiger partial charge in [0.05, 0.1) is 0 Å². The van der Waals surface area contributed by atoms with Gasteiger partial charge < -0.3 is 14.7 Å². The van der Waals surface area contributed by atoms with E-state index in [-0.39, 0.29) is 24.4 Å². The summed E-state index contributed by atoms with van der Waals surface area (Å²) in [6, 6.07) is 1.81. The summed E-state index contributed by atoms with van der Waals surface area (Å²) in [6.07, 6.45) is 5.75. The van der Waals surface area contributed by atoms with Crippen LogP contribution in [-0.2, 0) is 9.59 Å². The van der Waals surface area contributed by atoms with Crippen molar-refractivity contribution >= 4 is 17.6 Å². The van der Waals surface area contributed by atoms with E-state index in [2.05, 4.69) is 15.0 Å². The molecule has 0 radical (unpaired) electrons. The van der Waals surface area contributed by atoms with Crippen LogP contribution >= 0.6 is 0 Å². The van der Waals surface area contributed by atoms with Crippen molar-refractivity contribution < 1.29 is 14.1 Å². The minimum Gasteiger partial charge on any atom is -0.363 e. The van der Waals surface area contributed by atoms with Crippen LogP contribution in [0.5, 0.6) is 0 Å². The zero-order valence-corrected chi connectivity index (χ0v) is 11.1. The Morgan fingerprint density at radius 3 is 2.89 bits per heavy atom. The first-order valence-electron chi connectivity index (χ1n) is 6.70. The van der Waals surface area contributed by atoms with Crippen molar-refractivity contribution in [1.29, 1.82) is 0 Å². The van der Waals surface area contributed by atoms with Crippen molar-refractivity contribution in [3.05, 3.63) is 12.3 Å². The first-order chi connectivity index (χ1) is 9.20. The number of rotatable bonds is 7. The fourth-order valence-electron chi connectivity index (χ4n) is 1.89. The summed E-state index contributed by atoms with van der Waals surface area (Å²) in [7, 11) is 0. The second-order valence-corrected chi connectivity index (χ2v) is 4.79. The Balaban J connectivity index is 1.85. The fourth-order valence-corrected chi connectivity index (χ4v) is 1.89. The SMILES string of the molecule is CCCCC(=O)N(CC(=O)Nc1ccon1)C1CC1. The quantitative estimate of drug-likeness (QED) is 0.815. The Labute approximate surface area is 112 Å². The first-order valence-corrected chi connectivity index (χ1v) is 6.70. The monoisotopic (exact) mass is 265 g/mol. The van der Waals surface area contributed by atoms with Crippen LogP contribution in [0, 0.1) is 0 Å². The molecule has 1 aliphatic carbocycles. The topological polar surface area (TPSA) is 75.4 Å². The Hall–Kier alpha value is -1.85. The number of carbonyl (C=O) groups is 2. The van der Waals surface area contributed by atoms with Crippen molar-refractivity contribution in [1.82, 2.24) is 10.1 Å². The van der Waals surface area contributed by atoms with Crippen molar-refractivity contribution in [2.24, 2.45) is 0 Å². The Morgan fingerprint density at radius 2 is 2.32 bits per heavy atom. The van der Waals surface area contributed by atoms with Gasteiger partial charge in [-0.15, -0.1) is 0 Å². The van der Waals surface area contributed by atoms with E-state index < -0.39 is 0 Å². The summed E-state index contributed by atoms with van der Waals surface area (Å²) in [5.41, 5.74) is 0. The van der Waals surface area contributed by atoms with Crippen LogP contribution < -0.4 is 5.32 Å². The maximum absolute atomic E-state index is 12.0. The second kappa shape index (κ2) is 6.36. The molecule has 6 nitrogen and oxygen atoms in total. The normalized spacial score (nSPS) is 14.2. The zero-order valence-electron chi connectivity index (χ0n) is 11.1. The van der Waals surface area contributed by atoms with E-state index in [0.29, 0.717) is 12.2 Å². The van der Waals surface area contributed by atoms with Gasteiger partial charge in [-0.05, 0) is 19.3 Å². The number of unbranched alkanes of at least 4 members (excludes halogenated alkanes) is 1. The zero-order chi connectivity index (χ0) is 13.7. The molecular formula is C13H19N3O3. The summed E-state index contributed by atoms with van der Waals surface area (Å²) in [6.45, 7) is 2.14. The predicted molar refractivity (Wildman–Crippen MR) is 69.4 cm³/mol. The van der Waals surface area contributed by atoms with Crippen LogP contribution in [0.15, 0.2) is 16.9 Å². The van der Waals surface area contributed by atoms with Gasteiger partial charge in [0.1, 0.15) is 12.8 Å². The van der Waals surface area contributed by atoms with Crippen molar-refractivity contribution in [2.75, 3.05) is 11.9 Å². The molecule has 19 heavy (non-hydrogen) atoms. The van der Waals surface area contributed by atoms with Gasteiger partial charge in [0, 0.05) is 18.5 Å². The molecule has 1 fully saturated rings. The molecule has 0 aromatic carbocycles. The third-order valence-electron chi connectivity index (χ3n) is 3.07. The molecule has 0 aliphatic heterocycles. The van der Waals surface area contributed by atoms with E-state index in [4.69, 9.17) is 0 Å². The second-order valence-electron chi connectivity index (χ2n) is 4.79. The lowest BCUT2D eigenvalue weighted by atomic mass is 10.2. The van der Waals surface area contributed by atoms with Crippen LogP contribution in [0.1, 0.15) is 39.0 Å². The molecule has 0 unspecified atom stereocenters.